The number of hydrogen-bond acceptors (Lipinski definition) is 6. The second-order valence-electron chi connectivity index (χ2n) is 8.48. The number of nitro groups is 2. The zero-order valence-electron chi connectivity index (χ0n) is 18.3. The number of fused-ring (bicyclic) bond motifs is 1. The van der Waals surface area contributed by atoms with E-state index in [2.05, 4.69) is 18.2 Å². The lowest BCUT2D eigenvalue weighted by molar-refractivity contribution is -0.385. The van der Waals surface area contributed by atoms with E-state index in [4.69, 9.17) is 5.10 Å². The van der Waals surface area contributed by atoms with Crippen molar-refractivity contribution >= 4 is 28.8 Å². The van der Waals surface area contributed by atoms with Crippen LogP contribution in [0.2, 0.25) is 0 Å². The predicted molar refractivity (Wildman–Crippen MR) is 131 cm³/mol. The van der Waals surface area contributed by atoms with Gasteiger partial charge in [0.1, 0.15) is 0 Å². The Hall–Kier alpha value is -4.33. The highest BCUT2D eigenvalue weighted by Gasteiger charge is 2.41. The Morgan fingerprint density at radius 3 is 2.09 bits per heavy atom. The van der Waals surface area contributed by atoms with Crippen molar-refractivity contribution in [3.8, 4) is 0 Å². The van der Waals surface area contributed by atoms with Gasteiger partial charge < -0.3 is 0 Å². The summed E-state index contributed by atoms with van der Waals surface area (Å²) in [4.78, 5) is 21.3. The van der Waals surface area contributed by atoms with Crippen LogP contribution in [0.4, 0.5) is 17.1 Å². The molecular weight excluding hydrogens is 432 g/mol. The Kier molecular flexibility index (Phi) is 5.63. The summed E-state index contributed by atoms with van der Waals surface area (Å²) < 4.78 is 0. The van der Waals surface area contributed by atoms with Gasteiger partial charge in [-0.05, 0) is 66.3 Å². The van der Waals surface area contributed by atoms with Crippen molar-refractivity contribution < 1.29 is 9.85 Å². The fraction of sp³-hybridized carbons (Fsp3) is 0.192. The van der Waals surface area contributed by atoms with E-state index in [0.29, 0.717) is 0 Å². The number of allylic oxidation sites excluding steroid dienone is 1. The van der Waals surface area contributed by atoms with Gasteiger partial charge in [-0.1, -0.05) is 30.3 Å². The first-order valence-corrected chi connectivity index (χ1v) is 11.1. The lowest BCUT2D eigenvalue weighted by Gasteiger charge is -2.30. The fourth-order valence-electron chi connectivity index (χ4n) is 4.82. The van der Waals surface area contributed by atoms with Gasteiger partial charge in [-0.15, -0.1) is 0 Å². The van der Waals surface area contributed by atoms with Gasteiger partial charge in [0.05, 0.1) is 27.3 Å². The van der Waals surface area contributed by atoms with Crippen LogP contribution in [0.25, 0.3) is 6.08 Å². The van der Waals surface area contributed by atoms with E-state index in [9.17, 15) is 20.2 Å². The first kappa shape index (κ1) is 21.5. The van der Waals surface area contributed by atoms with Crippen LogP contribution in [0.15, 0.2) is 89.5 Å². The lowest BCUT2D eigenvalue weighted by atomic mass is 9.77. The second-order valence-corrected chi connectivity index (χ2v) is 8.48. The summed E-state index contributed by atoms with van der Waals surface area (Å²) in [5, 5.41) is 29.1. The summed E-state index contributed by atoms with van der Waals surface area (Å²) in [5.41, 5.74) is 5.08. The van der Waals surface area contributed by atoms with Crippen LogP contribution >= 0.6 is 0 Å². The molecule has 34 heavy (non-hydrogen) atoms. The third kappa shape index (κ3) is 4.05. The number of hydrogen-bond donors (Lipinski definition) is 0. The number of non-ortho nitro benzene ring substituents is 2. The van der Waals surface area contributed by atoms with Crippen LogP contribution in [0, 0.1) is 26.1 Å². The minimum Gasteiger partial charge on any atom is -0.258 e. The second kappa shape index (κ2) is 8.90. The van der Waals surface area contributed by atoms with E-state index >= 15 is 0 Å². The molecule has 1 saturated carbocycles. The Bertz CT molecular complexity index is 1280. The molecule has 8 nitrogen and oxygen atoms in total. The van der Waals surface area contributed by atoms with Crippen molar-refractivity contribution in [3.63, 3.8) is 0 Å². The molecule has 2 atom stereocenters. The van der Waals surface area contributed by atoms with E-state index in [1.165, 1.54) is 24.3 Å². The monoisotopic (exact) mass is 454 g/mol. The Morgan fingerprint density at radius 2 is 1.47 bits per heavy atom. The zero-order chi connectivity index (χ0) is 23.7. The zero-order valence-corrected chi connectivity index (χ0v) is 18.3. The molecule has 5 rings (SSSR count). The van der Waals surface area contributed by atoms with Crippen LogP contribution in [0.1, 0.15) is 36.4 Å². The van der Waals surface area contributed by atoms with Crippen molar-refractivity contribution in [2.45, 2.75) is 25.3 Å². The smallest absolute Gasteiger partial charge is 0.258 e. The summed E-state index contributed by atoms with van der Waals surface area (Å²) >= 11 is 0. The number of rotatable bonds is 5. The molecule has 1 aliphatic heterocycles. The molecule has 0 saturated heterocycles. The molecule has 8 heteroatoms. The fourth-order valence-corrected chi connectivity index (χ4v) is 4.82. The van der Waals surface area contributed by atoms with Crippen LogP contribution in [-0.2, 0) is 0 Å². The summed E-state index contributed by atoms with van der Waals surface area (Å²) in [6, 6.07) is 23.2. The van der Waals surface area contributed by atoms with Gasteiger partial charge in [-0.25, -0.2) is 0 Å². The highest BCUT2D eigenvalue weighted by Crippen LogP contribution is 2.46. The summed E-state index contributed by atoms with van der Waals surface area (Å²) in [7, 11) is 0. The minimum absolute atomic E-state index is 0.0155. The van der Waals surface area contributed by atoms with Crippen LogP contribution in [0.5, 0.6) is 0 Å². The predicted octanol–water partition coefficient (Wildman–Crippen LogP) is 6.30. The molecule has 0 spiro atoms. The molecular formula is C26H22N4O4. The number of benzene rings is 3. The first-order valence-electron chi connectivity index (χ1n) is 11.1. The number of hydrazone groups is 1. The Balaban J connectivity index is 1.55. The molecule has 0 bridgehead atoms. The highest BCUT2D eigenvalue weighted by molar-refractivity contribution is 6.08. The van der Waals surface area contributed by atoms with Crippen LogP contribution < -0.4 is 5.01 Å². The summed E-state index contributed by atoms with van der Waals surface area (Å²) in [5.74, 6) is 0.177. The molecule has 0 amide bonds. The molecule has 2 aliphatic rings. The van der Waals surface area contributed by atoms with Crippen molar-refractivity contribution in [2.75, 3.05) is 5.01 Å². The molecule has 170 valence electrons. The molecule has 1 heterocycles. The highest BCUT2D eigenvalue weighted by atomic mass is 16.6. The van der Waals surface area contributed by atoms with Crippen molar-refractivity contribution in [2.24, 2.45) is 11.0 Å². The normalized spacial score (nSPS) is 20.6. The molecule has 1 aliphatic carbocycles. The quantitative estimate of drug-likeness (QED) is 0.332. The van der Waals surface area contributed by atoms with Crippen LogP contribution in [-0.4, -0.2) is 15.6 Å². The SMILES string of the molecule is O=[N+]([O-])c1ccc(/C=C2/CCC[C@H]3C2=NN(c2ccc([N+](=O)[O-])cc2)[C@@H]3c2ccccc2)cc1. The van der Waals surface area contributed by atoms with Crippen LogP contribution in [0.3, 0.4) is 0 Å². The van der Waals surface area contributed by atoms with Gasteiger partial charge in [0.2, 0.25) is 0 Å². The van der Waals surface area contributed by atoms with Gasteiger partial charge in [0, 0.05) is 30.2 Å². The van der Waals surface area contributed by atoms with E-state index < -0.39 is 9.85 Å². The van der Waals surface area contributed by atoms with Gasteiger partial charge >= 0.3 is 0 Å². The first-order chi connectivity index (χ1) is 16.5. The van der Waals surface area contributed by atoms with E-state index in [1.54, 1.807) is 24.3 Å². The molecule has 0 radical (unpaired) electrons. The number of nitro benzene ring substituents is 2. The molecule has 0 unspecified atom stereocenters. The third-order valence-electron chi connectivity index (χ3n) is 6.41. The number of nitrogens with zero attached hydrogens (tertiary/aromatic N) is 4. The summed E-state index contributed by atoms with van der Waals surface area (Å²) in [6.07, 6.45) is 4.94. The average molecular weight is 454 g/mol. The van der Waals surface area contributed by atoms with E-state index in [-0.39, 0.29) is 23.3 Å². The van der Waals surface area contributed by atoms with E-state index in [0.717, 1.165) is 47.4 Å². The van der Waals surface area contributed by atoms with E-state index in [1.807, 2.05) is 23.2 Å². The third-order valence-corrected chi connectivity index (χ3v) is 6.41. The molecule has 0 aromatic heterocycles. The molecule has 3 aromatic carbocycles. The maximum absolute atomic E-state index is 11.1. The maximum Gasteiger partial charge on any atom is 0.269 e. The van der Waals surface area contributed by atoms with Crippen molar-refractivity contribution in [1.29, 1.82) is 0 Å². The van der Waals surface area contributed by atoms with Gasteiger partial charge in [0.15, 0.2) is 0 Å². The largest absolute Gasteiger partial charge is 0.269 e. The molecule has 1 fully saturated rings. The molecule has 3 aromatic rings. The Morgan fingerprint density at radius 1 is 0.853 bits per heavy atom. The maximum atomic E-state index is 11.1. The standard InChI is InChI=1S/C26H22N4O4/c31-29(32)22-11-9-18(10-12-22)17-20-7-4-8-24-25(20)27-28(26(24)19-5-2-1-3-6-19)21-13-15-23(16-14-21)30(33)34/h1-3,5-6,9-17,24,26H,4,7-8H2/b20-17-/t24-,26+/m0/s1. The summed E-state index contributed by atoms with van der Waals surface area (Å²) in [6.45, 7) is 0. The number of anilines is 1. The Labute approximate surface area is 196 Å². The lowest BCUT2D eigenvalue weighted by Crippen LogP contribution is -2.28. The minimum atomic E-state index is -0.404. The molecule has 0 N–H and O–H groups in total. The van der Waals surface area contributed by atoms with Crippen molar-refractivity contribution in [3.05, 3.63) is 116 Å². The van der Waals surface area contributed by atoms with Gasteiger partial charge in [-0.2, -0.15) is 5.10 Å². The van der Waals surface area contributed by atoms with Gasteiger partial charge in [-0.3, -0.25) is 25.2 Å². The topological polar surface area (TPSA) is 102 Å². The van der Waals surface area contributed by atoms with Crippen molar-refractivity contribution in [1.82, 2.24) is 0 Å². The average Bonchev–Trinajstić information content (AvgIpc) is 3.25. The van der Waals surface area contributed by atoms with Gasteiger partial charge in [0.25, 0.3) is 11.4 Å².